The second kappa shape index (κ2) is 4.37. The van der Waals surface area contributed by atoms with Crippen LogP contribution in [0.5, 0.6) is 0 Å². The molecule has 0 spiro atoms. The van der Waals surface area contributed by atoms with Crippen molar-refractivity contribution in [3.8, 4) is 0 Å². The third-order valence-electron chi connectivity index (χ3n) is 2.58. The highest BCUT2D eigenvalue weighted by Gasteiger charge is 2.22. The second-order valence-electron chi connectivity index (χ2n) is 3.69. The second-order valence-corrected chi connectivity index (χ2v) is 3.69. The van der Waals surface area contributed by atoms with Crippen LogP contribution >= 0.6 is 0 Å². The molecule has 0 amide bonds. The van der Waals surface area contributed by atoms with Crippen molar-refractivity contribution in [1.82, 2.24) is 10.5 Å². The summed E-state index contributed by atoms with van der Waals surface area (Å²) in [6.45, 7) is 0. The van der Waals surface area contributed by atoms with Gasteiger partial charge in [-0.1, -0.05) is 30.3 Å². The van der Waals surface area contributed by atoms with Crippen molar-refractivity contribution in [1.29, 1.82) is 0 Å². The first-order valence-electron chi connectivity index (χ1n) is 5.38. The standard InChI is InChI=1S/C13H8FN4/c14-13-10(7-4-8-15-13)12-11(16-18-17-12)9-5-2-1-3-6-9/h1-8H. The minimum absolute atomic E-state index is 0.307. The van der Waals surface area contributed by atoms with Gasteiger partial charge in [0.05, 0.1) is 5.56 Å². The van der Waals surface area contributed by atoms with Crippen molar-refractivity contribution in [2.75, 3.05) is 0 Å². The van der Waals surface area contributed by atoms with Crippen LogP contribution in [0.2, 0.25) is 0 Å². The van der Waals surface area contributed by atoms with Gasteiger partial charge in [-0.2, -0.15) is 4.39 Å². The molecule has 0 N–H and O–H groups in total. The first kappa shape index (κ1) is 10.6. The third kappa shape index (κ3) is 1.75. The molecule has 0 saturated carbocycles. The van der Waals surface area contributed by atoms with E-state index in [0.717, 1.165) is 5.56 Å². The van der Waals surface area contributed by atoms with Crippen LogP contribution in [0.3, 0.4) is 0 Å². The number of benzene rings is 1. The Morgan fingerprint density at radius 1 is 0.833 bits per heavy atom. The summed E-state index contributed by atoms with van der Waals surface area (Å²) in [6, 6.07) is 12.7. The molecule has 0 unspecified atom stereocenters. The van der Waals surface area contributed by atoms with Crippen molar-refractivity contribution in [2.24, 2.45) is 10.2 Å². The largest absolute Gasteiger partial charge is 0.228 e. The van der Waals surface area contributed by atoms with E-state index in [-0.39, 0.29) is 0 Å². The number of halogens is 1. The molecule has 2 heterocycles. The van der Waals surface area contributed by atoms with Crippen LogP contribution in [0.4, 0.5) is 4.39 Å². The lowest BCUT2D eigenvalue weighted by Crippen LogP contribution is -2.16. The van der Waals surface area contributed by atoms with E-state index in [1.165, 1.54) is 6.20 Å². The van der Waals surface area contributed by atoms with Gasteiger partial charge in [0.15, 0.2) is 0 Å². The summed E-state index contributed by atoms with van der Waals surface area (Å²) in [7, 11) is 0. The Balaban J connectivity index is 2.05. The predicted octanol–water partition coefficient (Wildman–Crippen LogP) is 1.95. The lowest BCUT2D eigenvalue weighted by atomic mass is 10.0. The third-order valence-corrected chi connectivity index (χ3v) is 2.58. The Labute approximate surface area is 103 Å². The number of hydrogen-bond acceptors (Lipinski definition) is 3. The van der Waals surface area contributed by atoms with Crippen molar-refractivity contribution in [3.63, 3.8) is 0 Å². The van der Waals surface area contributed by atoms with Crippen LogP contribution in [0.15, 0.2) is 58.9 Å². The maximum absolute atomic E-state index is 13.6. The fourth-order valence-corrected chi connectivity index (χ4v) is 1.74. The molecule has 0 aliphatic carbocycles. The lowest BCUT2D eigenvalue weighted by molar-refractivity contribution is 0.581. The zero-order valence-corrected chi connectivity index (χ0v) is 9.29. The van der Waals surface area contributed by atoms with Crippen LogP contribution < -0.4 is 5.53 Å². The van der Waals surface area contributed by atoms with E-state index in [1.807, 2.05) is 30.3 Å². The summed E-state index contributed by atoms with van der Waals surface area (Å²) in [5.74, 6) is -0.572. The van der Waals surface area contributed by atoms with E-state index in [9.17, 15) is 4.39 Å². The van der Waals surface area contributed by atoms with Gasteiger partial charge in [-0.05, 0) is 17.7 Å². The summed E-state index contributed by atoms with van der Waals surface area (Å²) < 4.78 is 13.6. The fraction of sp³-hybridized carbons (Fsp3) is 0. The number of pyridine rings is 1. The summed E-state index contributed by atoms with van der Waals surface area (Å²) in [4.78, 5) is 3.61. The molecule has 0 fully saturated rings. The van der Waals surface area contributed by atoms with Crippen molar-refractivity contribution >= 4 is 11.4 Å². The van der Waals surface area contributed by atoms with Gasteiger partial charge in [0.1, 0.15) is 11.4 Å². The Morgan fingerprint density at radius 2 is 1.61 bits per heavy atom. The molecule has 1 aromatic carbocycles. The molecule has 0 bridgehead atoms. The lowest BCUT2D eigenvalue weighted by Gasteiger charge is -2.04. The summed E-state index contributed by atoms with van der Waals surface area (Å²) in [5.41, 5.74) is 5.74. The number of rotatable bonds is 2. The zero-order chi connectivity index (χ0) is 12.4. The van der Waals surface area contributed by atoms with Crippen LogP contribution in [0.1, 0.15) is 11.1 Å². The van der Waals surface area contributed by atoms with Gasteiger partial charge >= 0.3 is 0 Å². The topological polar surface area (TPSA) is 51.7 Å². The molecule has 1 aliphatic heterocycles. The summed E-state index contributed by atoms with van der Waals surface area (Å²) in [6.07, 6.45) is 1.39. The molecule has 3 rings (SSSR count). The van der Waals surface area contributed by atoms with Crippen molar-refractivity contribution in [3.05, 3.63) is 65.7 Å². The molecule has 4 nitrogen and oxygen atoms in total. The van der Waals surface area contributed by atoms with E-state index < -0.39 is 5.95 Å². The number of hydrogen-bond donors (Lipinski definition) is 0. The van der Waals surface area contributed by atoms with Gasteiger partial charge in [0.2, 0.25) is 5.95 Å². The average Bonchev–Trinajstić information content (AvgIpc) is 2.89. The highest BCUT2D eigenvalue weighted by atomic mass is 19.1. The van der Waals surface area contributed by atoms with E-state index >= 15 is 0 Å². The highest BCUT2D eigenvalue weighted by molar-refractivity contribution is 6.54. The number of aromatic nitrogens is 1. The van der Waals surface area contributed by atoms with E-state index in [2.05, 4.69) is 20.7 Å². The average molecular weight is 239 g/mol. The molecule has 87 valence electrons. The maximum atomic E-state index is 13.6. The van der Waals surface area contributed by atoms with Gasteiger partial charge in [-0.25, -0.2) is 4.98 Å². The monoisotopic (exact) mass is 239 g/mol. The molecule has 1 radical (unpaired) electrons. The van der Waals surface area contributed by atoms with Crippen LogP contribution in [0, 0.1) is 5.95 Å². The molecule has 5 heteroatoms. The van der Waals surface area contributed by atoms with E-state index in [4.69, 9.17) is 0 Å². The molecular formula is C13H8FN4. The summed E-state index contributed by atoms with van der Waals surface area (Å²) in [5, 5.41) is 7.83. The Morgan fingerprint density at radius 3 is 2.39 bits per heavy atom. The Kier molecular flexibility index (Phi) is 2.57. The van der Waals surface area contributed by atoms with E-state index in [1.54, 1.807) is 12.1 Å². The molecule has 0 saturated heterocycles. The van der Waals surface area contributed by atoms with Gasteiger partial charge in [-0.3, -0.25) is 0 Å². The quantitative estimate of drug-likeness (QED) is 0.739. The van der Waals surface area contributed by atoms with Gasteiger partial charge in [0, 0.05) is 11.8 Å². The van der Waals surface area contributed by atoms with Crippen LogP contribution in [0.25, 0.3) is 0 Å². The zero-order valence-electron chi connectivity index (χ0n) is 9.29. The first-order chi connectivity index (χ1) is 8.86. The van der Waals surface area contributed by atoms with Gasteiger partial charge < -0.3 is 0 Å². The Bertz CT molecular complexity index is 634. The molecule has 0 atom stereocenters. The van der Waals surface area contributed by atoms with Crippen molar-refractivity contribution in [2.45, 2.75) is 0 Å². The first-order valence-corrected chi connectivity index (χ1v) is 5.38. The van der Waals surface area contributed by atoms with Crippen LogP contribution in [-0.2, 0) is 0 Å². The highest BCUT2D eigenvalue weighted by Crippen LogP contribution is 2.14. The molecule has 1 aliphatic rings. The minimum atomic E-state index is -0.572. The molecular weight excluding hydrogens is 231 g/mol. The molecule has 1 aromatic heterocycles. The van der Waals surface area contributed by atoms with Gasteiger partial charge in [0.25, 0.3) is 0 Å². The normalized spacial score (nSPS) is 13.8. The maximum Gasteiger partial charge on any atom is 0.222 e. The minimum Gasteiger partial charge on any atom is -0.228 e. The number of nitrogens with zero attached hydrogens (tertiary/aromatic N) is 4. The smallest absolute Gasteiger partial charge is 0.222 e. The van der Waals surface area contributed by atoms with E-state index in [0.29, 0.717) is 17.0 Å². The fourth-order valence-electron chi connectivity index (χ4n) is 1.74. The Hall–Kier alpha value is -2.56. The van der Waals surface area contributed by atoms with Crippen LogP contribution in [-0.4, -0.2) is 16.4 Å². The molecule has 18 heavy (non-hydrogen) atoms. The summed E-state index contributed by atoms with van der Waals surface area (Å²) >= 11 is 0. The predicted molar refractivity (Wildman–Crippen MR) is 65.8 cm³/mol. The SMILES string of the molecule is Fc1ncccc1C1=N[N]N=C1c1ccccc1. The van der Waals surface area contributed by atoms with Gasteiger partial charge in [-0.15, -0.1) is 10.2 Å². The molecule has 2 aromatic rings. The van der Waals surface area contributed by atoms with Crippen molar-refractivity contribution < 1.29 is 4.39 Å².